The monoisotopic (exact) mass is 566 g/mol. The molecule has 0 bridgehead atoms. The summed E-state index contributed by atoms with van der Waals surface area (Å²) in [6.45, 7) is 6.69. The van der Waals surface area contributed by atoms with Crippen LogP contribution in [-0.4, -0.2) is 33.7 Å². The van der Waals surface area contributed by atoms with Gasteiger partial charge in [0.25, 0.3) is 0 Å². The molecule has 0 amide bonds. The van der Waals surface area contributed by atoms with Crippen LogP contribution in [-0.2, 0) is 0 Å². The maximum atomic E-state index is 13.9. The molecule has 1 aliphatic heterocycles. The second-order valence-electron chi connectivity index (χ2n) is 11.8. The topological polar surface area (TPSA) is 101 Å². The fourth-order valence-corrected chi connectivity index (χ4v) is 5.90. The Bertz CT molecular complexity index is 1750. The van der Waals surface area contributed by atoms with Crippen molar-refractivity contribution >= 4 is 43.8 Å². The van der Waals surface area contributed by atoms with Gasteiger partial charge >= 0.3 is 0 Å². The molecule has 1 saturated carbocycles. The van der Waals surface area contributed by atoms with E-state index in [-0.39, 0.29) is 11.5 Å². The summed E-state index contributed by atoms with van der Waals surface area (Å²) < 4.78 is 14.9. The predicted octanol–water partition coefficient (Wildman–Crippen LogP) is 5.98. The molecule has 1 fully saturated rings. The molecule has 1 atom stereocenters. The Kier molecular flexibility index (Phi) is 6.69. The van der Waals surface area contributed by atoms with Gasteiger partial charge in [-0.2, -0.15) is 5.26 Å². The lowest BCUT2D eigenvalue weighted by Gasteiger charge is -2.24. The molecule has 1 aliphatic carbocycles. The van der Waals surface area contributed by atoms with Crippen LogP contribution in [0.1, 0.15) is 56.3 Å². The number of anilines is 2. The molecular formula is C31H31FN8S. The van der Waals surface area contributed by atoms with E-state index in [2.05, 4.69) is 70.4 Å². The molecular weight excluding hydrogens is 535 g/mol. The summed E-state index contributed by atoms with van der Waals surface area (Å²) in [4.78, 5) is 9.06. The van der Waals surface area contributed by atoms with Crippen LogP contribution in [0.2, 0.25) is 0 Å². The second-order valence-corrected chi connectivity index (χ2v) is 12.7. The third-order valence-corrected chi connectivity index (χ3v) is 8.43. The normalized spacial score (nSPS) is 16.5. The smallest absolute Gasteiger partial charge is 0.114 e. The quantitative estimate of drug-likeness (QED) is 0.193. The van der Waals surface area contributed by atoms with Gasteiger partial charge < -0.3 is 16.1 Å². The van der Waals surface area contributed by atoms with Gasteiger partial charge in [0.2, 0.25) is 0 Å². The number of fused-ring (bicyclic) bond motifs is 2. The average molecular weight is 567 g/mol. The lowest BCUT2D eigenvalue weighted by atomic mass is 9.96. The number of alkyl halides is 1. The largest absolute Gasteiger partial charge is 0.383 e. The van der Waals surface area contributed by atoms with Gasteiger partial charge in [0.1, 0.15) is 12.7 Å². The van der Waals surface area contributed by atoms with E-state index in [0.717, 1.165) is 51.1 Å². The SMILES string of the molecule is C#Cc1cnc2c(C#N)cc(N[C@H](C3=CN(C4(CF)CC4)NN3)c3cccc4ncsc34)cc2c1NCC(C)(C)C. The van der Waals surface area contributed by atoms with E-state index in [1.165, 1.54) is 0 Å². The van der Waals surface area contributed by atoms with E-state index in [9.17, 15) is 9.65 Å². The maximum absolute atomic E-state index is 13.9. The van der Waals surface area contributed by atoms with Crippen molar-refractivity contribution in [3.05, 3.63) is 70.6 Å². The van der Waals surface area contributed by atoms with Crippen molar-refractivity contribution < 1.29 is 4.39 Å². The van der Waals surface area contributed by atoms with Gasteiger partial charge in [-0.3, -0.25) is 9.99 Å². The van der Waals surface area contributed by atoms with Crippen LogP contribution < -0.4 is 21.6 Å². The lowest BCUT2D eigenvalue weighted by Crippen LogP contribution is -2.46. The summed E-state index contributed by atoms with van der Waals surface area (Å²) in [5.41, 5.74) is 13.6. The average Bonchev–Trinajstić information content (AvgIpc) is 3.35. The highest BCUT2D eigenvalue weighted by Gasteiger charge is 2.49. The first-order chi connectivity index (χ1) is 19.7. The first-order valence-electron chi connectivity index (χ1n) is 13.5. The van der Waals surface area contributed by atoms with Crippen molar-refractivity contribution in [1.82, 2.24) is 25.9 Å². The Morgan fingerprint density at radius 2 is 2.07 bits per heavy atom. The van der Waals surface area contributed by atoms with Crippen molar-refractivity contribution in [2.24, 2.45) is 5.41 Å². The van der Waals surface area contributed by atoms with Crippen molar-refractivity contribution in [1.29, 1.82) is 5.26 Å². The van der Waals surface area contributed by atoms with Gasteiger partial charge in [-0.1, -0.05) is 38.8 Å². The van der Waals surface area contributed by atoms with Gasteiger partial charge in [0.05, 0.1) is 55.3 Å². The first-order valence-corrected chi connectivity index (χ1v) is 14.4. The Hall–Kier alpha value is -4.38. The zero-order valence-corrected chi connectivity index (χ0v) is 24.0. The van der Waals surface area contributed by atoms with Crippen LogP contribution in [0.3, 0.4) is 0 Å². The first kappa shape index (κ1) is 26.8. The molecule has 0 saturated heterocycles. The van der Waals surface area contributed by atoms with Crippen molar-refractivity contribution in [3.8, 4) is 18.4 Å². The summed E-state index contributed by atoms with van der Waals surface area (Å²) in [5, 5.41) is 19.9. The van der Waals surface area contributed by atoms with Gasteiger partial charge in [0, 0.05) is 30.0 Å². The summed E-state index contributed by atoms with van der Waals surface area (Å²) in [6.07, 6.45) is 11.0. The van der Waals surface area contributed by atoms with Crippen LogP contribution in [0.5, 0.6) is 0 Å². The van der Waals surface area contributed by atoms with E-state index in [4.69, 9.17) is 6.42 Å². The number of rotatable bonds is 8. The second kappa shape index (κ2) is 10.2. The highest BCUT2D eigenvalue weighted by molar-refractivity contribution is 7.17. The van der Waals surface area contributed by atoms with Gasteiger partial charge in [0.15, 0.2) is 0 Å². The minimum Gasteiger partial charge on any atom is -0.383 e. The Morgan fingerprint density at radius 3 is 2.78 bits per heavy atom. The van der Waals surface area contributed by atoms with E-state index in [0.29, 0.717) is 23.2 Å². The number of hydrazine groups is 2. The van der Waals surface area contributed by atoms with E-state index in [1.807, 2.05) is 41.0 Å². The molecule has 0 spiro atoms. The van der Waals surface area contributed by atoms with Crippen molar-refractivity contribution in [2.75, 3.05) is 23.9 Å². The summed E-state index contributed by atoms with van der Waals surface area (Å²) in [5.74, 6) is 2.74. The van der Waals surface area contributed by atoms with Crippen LogP contribution in [0.4, 0.5) is 15.8 Å². The van der Waals surface area contributed by atoms with Crippen molar-refractivity contribution in [3.63, 3.8) is 0 Å². The zero-order valence-electron chi connectivity index (χ0n) is 23.2. The number of thiazole rings is 1. The van der Waals surface area contributed by atoms with Crippen LogP contribution in [0, 0.1) is 29.1 Å². The highest BCUT2D eigenvalue weighted by Crippen LogP contribution is 2.44. The number of aromatic nitrogens is 2. The molecule has 4 aromatic rings. The number of hydrogen-bond donors (Lipinski definition) is 4. The number of terminal acetylenes is 1. The standard InChI is InChI=1S/C31H31FN8S/c1-5-19-14-34-27-20(13-33)11-21(12-23(27)26(19)35-17-30(2,3)4)37-28(22-7-6-8-24-29(22)41-18-36-24)25-15-40(39-38-25)31(16-32)9-10-31/h1,6-8,11-12,14-15,18,28,37-39H,9-10,16-17H2,2-4H3,(H,34,35)/t28-/m0/s1. The molecule has 2 aromatic carbocycles. The summed E-state index contributed by atoms with van der Waals surface area (Å²) in [6, 6.07) is 11.8. The Labute approximate surface area is 242 Å². The molecule has 2 aromatic heterocycles. The van der Waals surface area contributed by atoms with E-state index < -0.39 is 12.2 Å². The molecule has 6 rings (SSSR count). The fourth-order valence-electron chi connectivity index (χ4n) is 5.06. The molecule has 4 N–H and O–H groups in total. The molecule has 10 heteroatoms. The molecule has 41 heavy (non-hydrogen) atoms. The number of hydrogen-bond acceptors (Lipinski definition) is 9. The molecule has 208 valence electrons. The van der Waals surface area contributed by atoms with Crippen LogP contribution in [0.15, 0.2) is 53.9 Å². The molecule has 8 nitrogen and oxygen atoms in total. The molecule has 2 aliphatic rings. The predicted molar refractivity (Wildman–Crippen MR) is 162 cm³/mol. The maximum Gasteiger partial charge on any atom is 0.114 e. The number of benzene rings is 2. The van der Waals surface area contributed by atoms with Gasteiger partial charge in [-0.25, -0.2) is 9.37 Å². The number of nitrogens with one attached hydrogen (secondary N) is 4. The van der Waals surface area contributed by atoms with Gasteiger partial charge in [-0.05, 0) is 42.0 Å². The molecule has 0 unspecified atom stereocenters. The minimum atomic E-state index is -0.516. The van der Waals surface area contributed by atoms with Crippen LogP contribution >= 0.6 is 11.3 Å². The van der Waals surface area contributed by atoms with Gasteiger partial charge in [-0.15, -0.1) is 23.3 Å². The third-order valence-electron chi connectivity index (χ3n) is 7.54. The zero-order chi connectivity index (χ0) is 28.8. The summed E-state index contributed by atoms with van der Waals surface area (Å²) >= 11 is 1.57. The number of nitriles is 1. The minimum absolute atomic E-state index is 0.00587. The summed E-state index contributed by atoms with van der Waals surface area (Å²) in [7, 11) is 0. The van der Waals surface area contributed by atoms with Crippen LogP contribution in [0.25, 0.3) is 21.1 Å². The Morgan fingerprint density at radius 1 is 1.24 bits per heavy atom. The Balaban J connectivity index is 1.47. The lowest BCUT2D eigenvalue weighted by molar-refractivity contribution is 0.146. The molecule has 3 heterocycles. The number of nitrogens with zero attached hydrogens (tertiary/aromatic N) is 4. The van der Waals surface area contributed by atoms with E-state index in [1.54, 1.807) is 17.5 Å². The van der Waals surface area contributed by atoms with E-state index >= 15 is 0 Å². The number of halogens is 1. The third kappa shape index (κ3) is 5.01. The highest BCUT2D eigenvalue weighted by atomic mass is 32.1. The fraction of sp³-hybridized carbons (Fsp3) is 0.323. The molecule has 0 radical (unpaired) electrons. The number of pyridine rings is 1. The van der Waals surface area contributed by atoms with Crippen molar-refractivity contribution in [2.45, 2.75) is 45.2 Å².